The van der Waals surface area contributed by atoms with E-state index in [-0.39, 0.29) is 16.8 Å². The average Bonchev–Trinajstić information content (AvgIpc) is 3.20. The number of alkyl halides is 1. The van der Waals surface area contributed by atoms with Crippen LogP contribution in [0.25, 0.3) is 33.5 Å². The van der Waals surface area contributed by atoms with Gasteiger partial charge in [0.05, 0.1) is 11.7 Å². The summed E-state index contributed by atoms with van der Waals surface area (Å²) >= 11 is 0. The van der Waals surface area contributed by atoms with E-state index in [4.69, 9.17) is 0 Å². The van der Waals surface area contributed by atoms with Gasteiger partial charge in [-0.3, -0.25) is 4.79 Å². The van der Waals surface area contributed by atoms with Gasteiger partial charge in [-0.05, 0) is 69.5 Å². The number of halogens is 1. The number of phenols is 1. The Morgan fingerprint density at radius 2 is 1.80 bits per heavy atom. The lowest BCUT2D eigenvalue weighted by Gasteiger charge is -2.48. The minimum Gasteiger partial charge on any atom is -0.507 e. The van der Waals surface area contributed by atoms with Crippen molar-refractivity contribution < 1.29 is 9.50 Å². The second kappa shape index (κ2) is 7.94. The quantitative estimate of drug-likeness (QED) is 0.465. The van der Waals surface area contributed by atoms with Gasteiger partial charge in [-0.1, -0.05) is 11.3 Å². The van der Waals surface area contributed by atoms with Crippen LogP contribution in [0.3, 0.4) is 0 Å². The van der Waals surface area contributed by atoms with Crippen LogP contribution in [0.15, 0.2) is 47.4 Å². The van der Waals surface area contributed by atoms with Crippen LogP contribution in [0, 0.1) is 0 Å². The van der Waals surface area contributed by atoms with Gasteiger partial charge in [0, 0.05) is 36.0 Å². The molecule has 4 aromatic rings. The molecule has 35 heavy (non-hydrogen) atoms. The summed E-state index contributed by atoms with van der Waals surface area (Å²) in [5, 5.41) is 31.1. The molecule has 1 saturated heterocycles. The number of aromatic hydroxyl groups is 1. The number of piperidine rings is 1. The van der Waals surface area contributed by atoms with Crippen molar-refractivity contribution in [2.45, 2.75) is 57.4 Å². The summed E-state index contributed by atoms with van der Waals surface area (Å²) in [5.41, 5.74) is 1.98. The molecule has 0 aliphatic carbocycles. The lowest BCUT2D eigenvalue weighted by Crippen LogP contribution is -2.64. The van der Waals surface area contributed by atoms with Crippen molar-refractivity contribution in [3.8, 4) is 28.1 Å². The number of fused-ring (bicyclic) bond motifs is 1. The first-order valence-corrected chi connectivity index (χ1v) is 11.5. The number of pyridine rings is 1. The van der Waals surface area contributed by atoms with Crippen molar-refractivity contribution >= 4 is 11.2 Å². The van der Waals surface area contributed by atoms with Crippen LogP contribution in [0.4, 0.5) is 4.39 Å². The zero-order chi connectivity index (χ0) is 25.1. The van der Waals surface area contributed by atoms with Gasteiger partial charge >= 0.3 is 0 Å². The van der Waals surface area contributed by atoms with Crippen LogP contribution in [0.5, 0.6) is 5.75 Å². The molecule has 0 unspecified atom stereocenters. The lowest BCUT2D eigenvalue weighted by atomic mass is 9.78. The van der Waals surface area contributed by atoms with E-state index >= 15 is 4.39 Å². The van der Waals surface area contributed by atoms with Gasteiger partial charge in [0.1, 0.15) is 17.4 Å². The summed E-state index contributed by atoms with van der Waals surface area (Å²) in [6.45, 7) is 7.76. The van der Waals surface area contributed by atoms with Gasteiger partial charge in [-0.2, -0.15) is 0 Å². The van der Waals surface area contributed by atoms with Crippen LogP contribution in [0.1, 0.15) is 40.2 Å². The highest BCUT2D eigenvalue weighted by Crippen LogP contribution is 2.39. The predicted octanol–water partition coefficient (Wildman–Crippen LogP) is 3.39. The number of phenolic OH excluding ortho intramolecular Hbond substituents is 1. The minimum atomic E-state index is -1.20. The number of nitrogens with one attached hydrogen (secondary N) is 1. The fourth-order valence-electron chi connectivity index (χ4n) is 5.07. The Balaban J connectivity index is 1.49. The smallest absolute Gasteiger partial charge is 0.250 e. The van der Waals surface area contributed by atoms with E-state index in [0.29, 0.717) is 40.0 Å². The van der Waals surface area contributed by atoms with Crippen LogP contribution < -0.4 is 10.9 Å². The highest BCUT2D eigenvalue weighted by atomic mass is 19.1. The standard InChI is InChI=1S/C25H28FN7O2/c1-24(2)13-19(22(26)25(3,4)30-24)33-23-18(28-31-33)12-17(27-29-23)16-7-6-14(10-20(16)34)15-8-9-32(5)21(35)11-15/h6-12,19,22,30,34H,13H2,1-5H3/t19-,22-/m0/s1. The van der Waals surface area contributed by atoms with Gasteiger partial charge in [0.15, 0.2) is 0 Å². The summed E-state index contributed by atoms with van der Waals surface area (Å²) in [6.07, 6.45) is 0.996. The SMILES string of the molecule is Cn1ccc(-c2ccc(-c3cc4nnn([C@H]5CC(C)(C)NC(C)(C)[C@H]5F)c4nn3)c(O)c2)cc1=O. The molecular formula is C25H28FN7O2. The molecule has 1 aliphatic heterocycles. The summed E-state index contributed by atoms with van der Waals surface area (Å²) in [4.78, 5) is 12.0. The summed E-state index contributed by atoms with van der Waals surface area (Å²) < 4.78 is 18.4. The normalized spacial score (nSPS) is 21.3. The monoisotopic (exact) mass is 477 g/mol. The van der Waals surface area contributed by atoms with E-state index < -0.39 is 17.8 Å². The molecule has 0 radical (unpaired) electrons. The lowest BCUT2D eigenvalue weighted by molar-refractivity contribution is 0.0257. The fraction of sp³-hybridized carbons (Fsp3) is 0.400. The Morgan fingerprint density at radius 1 is 1.06 bits per heavy atom. The highest BCUT2D eigenvalue weighted by Gasteiger charge is 2.48. The number of hydrogen-bond acceptors (Lipinski definition) is 7. The minimum absolute atomic E-state index is 0.00473. The maximum absolute atomic E-state index is 15.4. The molecule has 5 rings (SSSR count). The maximum atomic E-state index is 15.4. The molecule has 0 bridgehead atoms. The third kappa shape index (κ3) is 4.07. The number of aromatic nitrogens is 6. The van der Waals surface area contributed by atoms with E-state index in [0.717, 1.165) is 0 Å². The molecule has 9 nitrogen and oxygen atoms in total. The number of aryl methyl sites for hydroxylation is 1. The number of nitrogens with zero attached hydrogens (tertiary/aromatic N) is 6. The molecule has 10 heteroatoms. The van der Waals surface area contributed by atoms with Crippen LogP contribution in [0.2, 0.25) is 0 Å². The largest absolute Gasteiger partial charge is 0.507 e. The van der Waals surface area contributed by atoms with Crippen molar-refractivity contribution in [1.29, 1.82) is 0 Å². The first kappa shape index (κ1) is 23.1. The Bertz CT molecular complexity index is 1490. The van der Waals surface area contributed by atoms with Crippen molar-refractivity contribution in [3.05, 3.63) is 52.9 Å². The molecule has 1 aromatic carbocycles. The van der Waals surface area contributed by atoms with Gasteiger partial charge in [0.2, 0.25) is 5.65 Å². The molecule has 1 aliphatic rings. The Kier molecular flexibility index (Phi) is 5.24. The predicted molar refractivity (Wildman–Crippen MR) is 131 cm³/mol. The van der Waals surface area contributed by atoms with Crippen LogP contribution >= 0.6 is 0 Å². The summed E-state index contributed by atoms with van der Waals surface area (Å²) in [7, 11) is 1.68. The zero-order valence-electron chi connectivity index (χ0n) is 20.3. The summed E-state index contributed by atoms with van der Waals surface area (Å²) in [6, 6.07) is 9.57. The molecular weight excluding hydrogens is 449 g/mol. The van der Waals surface area contributed by atoms with E-state index in [2.05, 4.69) is 25.8 Å². The zero-order valence-corrected chi connectivity index (χ0v) is 20.3. The van der Waals surface area contributed by atoms with Crippen LogP contribution in [-0.2, 0) is 7.05 Å². The molecule has 2 N–H and O–H groups in total. The Labute approximate surface area is 201 Å². The van der Waals surface area contributed by atoms with E-state index in [9.17, 15) is 9.90 Å². The van der Waals surface area contributed by atoms with Gasteiger partial charge in [-0.15, -0.1) is 15.3 Å². The first-order chi connectivity index (χ1) is 16.4. The van der Waals surface area contributed by atoms with Crippen LogP contribution in [-0.4, -0.2) is 52.1 Å². The number of rotatable bonds is 3. The third-order valence-electron chi connectivity index (χ3n) is 6.65. The van der Waals surface area contributed by atoms with Crippen molar-refractivity contribution in [1.82, 2.24) is 35.1 Å². The number of benzene rings is 1. The molecule has 0 amide bonds. The van der Waals surface area contributed by atoms with Crippen molar-refractivity contribution in [2.24, 2.45) is 7.05 Å². The maximum Gasteiger partial charge on any atom is 0.250 e. The van der Waals surface area contributed by atoms with Gasteiger partial charge < -0.3 is 15.0 Å². The van der Waals surface area contributed by atoms with Gasteiger partial charge in [-0.25, -0.2) is 9.07 Å². The molecule has 0 saturated carbocycles. The third-order valence-corrected chi connectivity index (χ3v) is 6.65. The van der Waals surface area contributed by atoms with E-state index in [1.54, 1.807) is 37.5 Å². The van der Waals surface area contributed by atoms with E-state index in [1.165, 1.54) is 15.3 Å². The molecule has 0 spiro atoms. The summed E-state index contributed by atoms with van der Waals surface area (Å²) in [5.74, 6) is -0.00473. The fourth-order valence-corrected chi connectivity index (χ4v) is 5.07. The Morgan fingerprint density at radius 3 is 2.51 bits per heavy atom. The molecule has 4 heterocycles. The number of hydrogen-bond donors (Lipinski definition) is 2. The molecule has 3 aromatic heterocycles. The average molecular weight is 478 g/mol. The Hall–Kier alpha value is -3.66. The second-order valence-electron chi connectivity index (χ2n) is 10.5. The molecule has 2 atom stereocenters. The van der Waals surface area contributed by atoms with Crippen molar-refractivity contribution in [2.75, 3.05) is 0 Å². The topological polar surface area (TPSA) is 111 Å². The molecule has 182 valence electrons. The van der Waals surface area contributed by atoms with Crippen molar-refractivity contribution in [3.63, 3.8) is 0 Å². The second-order valence-corrected chi connectivity index (χ2v) is 10.5. The van der Waals surface area contributed by atoms with E-state index in [1.807, 2.05) is 33.8 Å². The highest BCUT2D eigenvalue weighted by molar-refractivity contribution is 5.79. The van der Waals surface area contributed by atoms with Gasteiger partial charge in [0.25, 0.3) is 5.56 Å². The first-order valence-electron chi connectivity index (χ1n) is 11.5. The molecule has 1 fully saturated rings.